The van der Waals surface area contributed by atoms with Gasteiger partial charge in [0.15, 0.2) is 0 Å². The van der Waals surface area contributed by atoms with Gasteiger partial charge in [-0.3, -0.25) is 0 Å². The van der Waals surface area contributed by atoms with Gasteiger partial charge in [0, 0.05) is 45.0 Å². The van der Waals surface area contributed by atoms with Crippen molar-refractivity contribution in [3.8, 4) is 0 Å². The maximum atomic E-state index is 5.47. The van der Waals surface area contributed by atoms with Crippen molar-refractivity contribution in [2.75, 3.05) is 85.8 Å². The van der Waals surface area contributed by atoms with Crippen molar-refractivity contribution in [1.82, 2.24) is 15.0 Å². The van der Waals surface area contributed by atoms with E-state index in [1.807, 2.05) is 0 Å². The van der Waals surface area contributed by atoms with E-state index in [2.05, 4.69) is 73.3 Å². The van der Waals surface area contributed by atoms with E-state index in [1.165, 1.54) is 5.69 Å². The first-order valence-electron chi connectivity index (χ1n) is 11.3. The number of anilines is 4. The van der Waals surface area contributed by atoms with Crippen molar-refractivity contribution in [1.29, 1.82) is 0 Å². The summed E-state index contributed by atoms with van der Waals surface area (Å²) in [6.07, 6.45) is 1.78. The molecule has 0 spiro atoms. The lowest BCUT2D eigenvalue weighted by Crippen LogP contribution is -2.40. The average Bonchev–Trinajstić information content (AvgIpc) is 2.86. The fourth-order valence-corrected chi connectivity index (χ4v) is 3.74. The second kappa shape index (κ2) is 11.1. The van der Waals surface area contributed by atoms with Crippen LogP contribution >= 0.6 is 0 Å². The van der Waals surface area contributed by atoms with Crippen LogP contribution in [0.5, 0.6) is 0 Å². The Morgan fingerprint density at radius 2 is 1.41 bits per heavy atom. The summed E-state index contributed by atoms with van der Waals surface area (Å²) in [6.45, 7) is 12.0. The van der Waals surface area contributed by atoms with E-state index >= 15 is 0 Å². The molecule has 1 aromatic carbocycles. The number of benzene rings is 1. The molecule has 1 aromatic heterocycles. The van der Waals surface area contributed by atoms with E-state index in [4.69, 9.17) is 14.5 Å². The molecular formula is C22H32N8O2. The number of aromatic nitrogens is 3. The third-order valence-corrected chi connectivity index (χ3v) is 5.60. The predicted octanol–water partition coefficient (Wildman–Crippen LogP) is 1.84. The van der Waals surface area contributed by atoms with Crippen molar-refractivity contribution < 1.29 is 9.47 Å². The molecule has 0 amide bonds. The van der Waals surface area contributed by atoms with Gasteiger partial charge in [0.1, 0.15) is 0 Å². The Labute approximate surface area is 189 Å². The van der Waals surface area contributed by atoms with Gasteiger partial charge in [-0.1, -0.05) is 12.1 Å². The van der Waals surface area contributed by atoms with Crippen LogP contribution in [0.2, 0.25) is 0 Å². The van der Waals surface area contributed by atoms with Gasteiger partial charge >= 0.3 is 0 Å². The van der Waals surface area contributed by atoms with Crippen LogP contribution in [0.25, 0.3) is 0 Å². The average molecular weight is 441 g/mol. The highest BCUT2D eigenvalue weighted by molar-refractivity contribution is 5.80. The molecule has 2 fully saturated rings. The fourth-order valence-electron chi connectivity index (χ4n) is 3.74. The summed E-state index contributed by atoms with van der Waals surface area (Å²) in [5.41, 5.74) is 5.21. The third-order valence-electron chi connectivity index (χ3n) is 5.60. The first kappa shape index (κ1) is 22.2. The first-order chi connectivity index (χ1) is 15.8. The summed E-state index contributed by atoms with van der Waals surface area (Å²) in [6, 6.07) is 8.35. The third kappa shape index (κ3) is 5.63. The topological polar surface area (TPSA) is 91.2 Å². The normalized spacial score (nSPS) is 17.1. The van der Waals surface area contributed by atoms with E-state index < -0.39 is 0 Å². The molecule has 2 aliphatic rings. The molecule has 3 heterocycles. The van der Waals surface area contributed by atoms with Gasteiger partial charge in [-0.05, 0) is 31.5 Å². The van der Waals surface area contributed by atoms with Gasteiger partial charge in [0.2, 0.25) is 17.8 Å². The fraction of sp³-hybridized carbons (Fsp3) is 0.545. The SMILES string of the molecule is CCN(CC)c1ccc(C=NNc2nc(N3CCOCC3)nc(N3CCOCC3)n2)cc1. The van der Waals surface area contributed by atoms with Gasteiger partial charge in [-0.25, -0.2) is 5.43 Å². The second-order valence-corrected chi connectivity index (χ2v) is 7.59. The molecule has 32 heavy (non-hydrogen) atoms. The molecule has 0 radical (unpaired) electrons. The lowest BCUT2D eigenvalue weighted by molar-refractivity contribution is 0.121. The van der Waals surface area contributed by atoms with E-state index in [9.17, 15) is 0 Å². The lowest BCUT2D eigenvalue weighted by atomic mass is 10.2. The zero-order valence-corrected chi connectivity index (χ0v) is 18.9. The minimum atomic E-state index is 0.430. The molecule has 1 N–H and O–H groups in total. The summed E-state index contributed by atoms with van der Waals surface area (Å²) in [7, 11) is 0. The van der Waals surface area contributed by atoms with Gasteiger partial charge in [-0.2, -0.15) is 20.1 Å². The number of rotatable bonds is 8. The van der Waals surface area contributed by atoms with Crippen LogP contribution in [-0.2, 0) is 9.47 Å². The van der Waals surface area contributed by atoms with Crippen molar-refractivity contribution in [3.05, 3.63) is 29.8 Å². The highest BCUT2D eigenvalue weighted by atomic mass is 16.5. The molecule has 10 nitrogen and oxygen atoms in total. The van der Waals surface area contributed by atoms with Crippen molar-refractivity contribution >= 4 is 29.7 Å². The van der Waals surface area contributed by atoms with Gasteiger partial charge in [0.25, 0.3) is 0 Å². The molecule has 2 aliphatic heterocycles. The molecular weight excluding hydrogens is 408 g/mol. The van der Waals surface area contributed by atoms with Crippen LogP contribution < -0.4 is 20.1 Å². The van der Waals surface area contributed by atoms with Crippen LogP contribution in [0.15, 0.2) is 29.4 Å². The molecule has 4 rings (SSSR count). The number of ether oxygens (including phenoxy) is 2. The number of morpholine rings is 2. The number of hydrogen-bond donors (Lipinski definition) is 1. The van der Waals surface area contributed by atoms with E-state index in [0.717, 1.165) is 44.8 Å². The zero-order valence-electron chi connectivity index (χ0n) is 18.9. The van der Waals surface area contributed by atoms with Crippen LogP contribution in [0, 0.1) is 0 Å². The Balaban J connectivity index is 1.49. The molecule has 172 valence electrons. The Hall–Kier alpha value is -2.98. The predicted molar refractivity (Wildman–Crippen MR) is 127 cm³/mol. The van der Waals surface area contributed by atoms with Crippen molar-refractivity contribution in [3.63, 3.8) is 0 Å². The first-order valence-corrected chi connectivity index (χ1v) is 11.3. The summed E-state index contributed by atoms with van der Waals surface area (Å²) >= 11 is 0. The van der Waals surface area contributed by atoms with E-state index in [0.29, 0.717) is 44.3 Å². The maximum Gasteiger partial charge on any atom is 0.250 e. The maximum absolute atomic E-state index is 5.47. The summed E-state index contributed by atoms with van der Waals surface area (Å²) in [5.74, 6) is 1.72. The largest absolute Gasteiger partial charge is 0.378 e. The van der Waals surface area contributed by atoms with Crippen LogP contribution in [0.1, 0.15) is 19.4 Å². The highest BCUT2D eigenvalue weighted by Gasteiger charge is 2.20. The summed E-state index contributed by atoms with van der Waals surface area (Å²) < 4.78 is 10.9. The lowest BCUT2D eigenvalue weighted by Gasteiger charge is -2.30. The summed E-state index contributed by atoms with van der Waals surface area (Å²) in [5, 5.41) is 4.37. The Kier molecular flexibility index (Phi) is 7.68. The minimum absolute atomic E-state index is 0.430. The number of hydrazone groups is 1. The molecule has 0 saturated carbocycles. The molecule has 0 atom stereocenters. The Morgan fingerprint density at radius 3 is 1.91 bits per heavy atom. The monoisotopic (exact) mass is 440 g/mol. The highest BCUT2D eigenvalue weighted by Crippen LogP contribution is 2.19. The Morgan fingerprint density at radius 1 is 0.875 bits per heavy atom. The molecule has 2 aromatic rings. The zero-order chi connectivity index (χ0) is 22.2. The quantitative estimate of drug-likeness (QED) is 0.488. The summed E-state index contributed by atoms with van der Waals surface area (Å²) in [4.78, 5) is 20.5. The van der Waals surface area contributed by atoms with Crippen LogP contribution in [0.4, 0.5) is 23.5 Å². The van der Waals surface area contributed by atoms with Crippen molar-refractivity contribution in [2.45, 2.75) is 13.8 Å². The molecule has 0 unspecified atom stereocenters. The minimum Gasteiger partial charge on any atom is -0.378 e. The Bertz CT molecular complexity index is 840. The van der Waals surface area contributed by atoms with E-state index in [1.54, 1.807) is 6.21 Å². The molecule has 2 saturated heterocycles. The van der Waals surface area contributed by atoms with Crippen LogP contribution in [0.3, 0.4) is 0 Å². The van der Waals surface area contributed by atoms with Gasteiger partial charge in [-0.15, -0.1) is 0 Å². The molecule has 0 aliphatic carbocycles. The van der Waals surface area contributed by atoms with Gasteiger partial charge < -0.3 is 24.2 Å². The molecule has 10 heteroatoms. The standard InChI is InChI=1S/C22H32N8O2/c1-3-28(4-2)19-7-5-18(6-8-19)17-23-27-20-24-21(29-9-13-31-14-10-29)26-22(25-20)30-11-15-32-16-12-30/h5-8,17H,3-4,9-16H2,1-2H3,(H,24,25,26,27). The van der Waals surface area contributed by atoms with Crippen LogP contribution in [-0.4, -0.2) is 86.9 Å². The number of hydrogen-bond acceptors (Lipinski definition) is 10. The molecule has 0 bridgehead atoms. The van der Waals surface area contributed by atoms with Crippen molar-refractivity contribution in [2.24, 2.45) is 5.10 Å². The smallest absolute Gasteiger partial charge is 0.250 e. The number of nitrogens with one attached hydrogen (secondary N) is 1. The second-order valence-electron chi connectivity index (χ2n) is 7.59. The van der Waals surface area contributed by atoms with Gasteiger partial charge in [0.05, 0.1) is 32.6 Å². The van der Waals surface area contributed by atoms with E-state index in [-0.39, 0.29) is 0 Å². The number of nitrogens with zero attached hydrogens (tertiary/aromatic N) is 7.